The molecule has 1 heterocycles. The Morgan fingerprint density at radius 3 is 2.30 bits per heavy atom. The van der Waals surface area contributed by atoms with E-state index in [1.807, 2.05) is 29.2 Å². The molecule has 0 aromatic heterocycles. The summed E-state index contributed by atoms with van der Waals surface area (Å²) in [6.45, 7) is 4.22. The molecule has 1 aromatic carbocycles. The van der Waals surface area contributed by atoms with Crippen molar-refractivity contribution in [1.29, 1.82) is 0 Å². The summed E-state index contributed by atoms with van der Waals surface area (Å²) < 4.78 is 5.09. The van der Waals surface area contributed by atoms with Crippen molar-refractivity contribution in [2.75, 3.05) is 45.7 Å². The molecule has 0 saturated carbocycles. The van der Waals surface area contributed by atoms with Gasteiger partial charge in [0.2, 0.25) is 0 Å². The van der Waals surface area contributed by atoms with E-state index in [9.17, 15) is 4.79 Å². The summed E-state index contributed by atoms with van der Waals surface area (Å²) in [5.74, 6) is 1.50. The molecular weight excluding hydrogens is 299 g/mol. The van der Waals surface area contributed by atoms with Gasteiger partial charge in [0.1, 0.15) is 5.75 Å². The molecule has 0 N–H and O–H groups in total. The van der Waals surface area contributed by atoms with E-state index in [-0.39, 0.29) is 18.3 Å². The van der Waals surface area contributed by atoms with Gasteiger partial charge in [-0.3, -0.25) is 9.69 Å². The Morgan fingerprint density at radius 1 is 1.20 bits per heavy atom. The van der Waals surface area contributed by atoms with Gasteiger partial charge in [-0.1, -0.05) is 0 Å². The Bertz CT molecular complexity index is 418. The molecule has 0 radical (unpaired) electrons. The zero-order chi connectivity index (χ0) is 13.7. The molecule has 6 heteroatoms. The third-order valence-electron chi connectivity index (χ3n) is 3.40. The van der Waals surface area contributed by atoms with Gasteiger partial charge in [0.25, 0.3) is 5.91 Å². The van der Waals surface area contributed by atoms with E-state index in [0.717, 1.165) is 38.5 Å². The zero-order valence-corrected chi connectivity index (χ0v) is 13.1. The Morgan fingerprint density at radius 2 is 1.80 bits per heavy atom. The maximum Gasteiger partial charge on any atom is 0.253 e. The number of amides is 1. The van der Waals surface area contributed by atoms with Crippen molar-refractivity contribution in [2.45, 2.75) is 0 Å². The monoisotopic (exact) mass is 318 g/mol. The van der Waals surface area contributed by atoms with Crippen LogP contribution in [0.25, 0.3) is 0 Å². The van der Waals surface area contributed by atoms with Crippen LogP contribution in [0.1, 0.15) is 10.4 Å². The van der Waals surface area contributed by atoms with E-state index in [2.05, 4.69) is 4.90 Å². The number of nitrogens with zero attached hydrogens (tertiary/aromatic N) is 2. The number of carbonyl (C=O) groups is 1. The fourth-order valence-electron chi connectivity index (χ4n) is 2.21. The van der Waals surface area contributed by atoms with Gasteiger partial charge in [0.05, 0.1) is 7.11 Å². The predicted molar refractivity (Wildman–Crippen MR) is 83.3 cm³/mol. The van der Waals surface area contributed by atoms with Crippen LogP contribution >= 0.6 is 24.0 Å². The topological polar surface area (TPSA) is 32.8 Å². The first-order valence-electron chi connectivity index (χ1n) is 6.46. The lowest BCUT2D eigenvalue weighted by atomic mass is 10.1. The molecule has 1 saturated heterocycles. The number of rotatable bonds is 4. The number of hydrogen-bond donors (Lipinski definition) is 0. The van der Waals surface area contributed by atoms with Crippen molar-refractivity contribution >= 4 is 29.9 Å². The van der Waals surface area contributed by atoms with Crippen LogP contribution in [0.5, 0.6) is 5.75 Å². The number of halogens is 2. The molecule has 2 rings (SSSR count). The molecule has 0 aliphatic carbocycles. The molecule has 1 aromatic rings. The molecule has 20 heavy (non-hydrogen) atoms. The summed E-state index contributed by atoms with van der Waals surface area (Å²) in [7, 11) is 1.62. The highest BCUT2D eigenvalue weighted by Crippen LogP contribution is 2.14. The van der Waals surface area contributed by atoms with Crippen LogP contribution in [0.3, 0.4) is 0 Å². The molecule has 112 valence electrons. The van der Waals surface area contributed by atoms with Crippen LogP contribution in [-0.4, -0.2) is 61.4 Å². The maximum absolute atomic E-state index is 12.3. The van der Waals surface area contributed by atoms with E-state index >= 15 is 0 Å². The molecular formula is C14H20Cl2N2O2. The minimum absolute atomic E-state index is 0. The van der Waals surface area contributed by atoms with Gasteiger partial charge >= 0.3 is 0 Å². The highest BCUT2D eigenvalue weighted by molar-refractivity contribution is 6.18. The molecule has 0 bridgehead atoms. The standard InChI is InChI=1S/C14H19ClN2O2.ClH/c1-19-13-4-2-12(3-5-13)14(18)17-10-8-16(7-6-15)9-11-17;/h2-5H,6-11H2,1H3;1H. The van der Waals surface area contributed by atoms with Crippen LogP contribution in [-0.2, 0) is 0 Å². The van der Waals surface area contributed by atoms with Gasteiger partial charge in [0, 0.05) is 44.2 Å². The Hall–Kier alpha value is -0.970. The molecule has 4 nitrogen and oxygen atoms in total. The lowest BCUT2D eigenvalue weighted by molar-refractivity contribution is 0.0644. The summed E-state index contributed by atoms with van der Waals surface area (Å²) in [6.07, 6.45) is 0. The number of piperazine rings is 1. The molecule has 1 fully saturated rings. The van der Waals surface area contributed by atoms with Crippen LogP contribution in [0.4, 0.5) is 0 Å². The summed E-state index contributed by atoms with van der Waals surface area (Å²) in [5, 5.41) is 0. The highest BCUT2D eigenvalue weighted by Gasteiger charge is 2.21. The number of ether oxygens (including phenoxy) is 1. The molecule has 1 aliphatic heterocycles. The first-order chi connectivity index (χ1) is 9.24. The first kappa shape index (κ1) is 17.1. The quantitative estimate of drug-likeness (QED) is 0.797. The van der Waals surface area contributed by atoms with Crippen molar-refractivity contribution in [3.63, 3.8) is 0 Å². The van der Waals surface area contributed by atoms with E-state index in [1.54, 1.807) is 7.11 Å². The number of hydrogen-bond acceptors (Lipinski definition) is 3. The number of carbonyl (C=O) groups excluding carboxylic acids is 1. The van der Waals surface area contributed by atoms with Crippen molar-refractivity contribution in [1.82, 2.24) is 9.80 Å². The lowest BCUT2D eigenvalue weighted by Gasteiger charge is -2.34. The zero-order valence-electron chi connectivity index (χ0n) is 11.5. The maximum atomic E-state index is 12.3. The second-order valence-corrected chi connectivity index (χ2v) is 4.93. The molecule has 1 aliphatic rings. The van der Waals surface area contributed by atoms with Gasteiger partial charge in [-0.2, -0.15) is 0 Å². The first-order valence-corrected chi connectivity index (χ1v) is 6.99. The summed E-state index contributed by atoms with van der Waals surface area (Å²) >= 11 is 5.72. The smallest absolute Gasteiger partial charge is 0.253 e. The predicted octanol–water partition coefficient (Wildman–Crippen LogP) is 2.11. The summed E-state index contributed by atoms with van der Waals surface area (Å²) in [5.41, 5.74) is 0.714. The second-order valence-electron chi connectivity index (χ2n) is 4.55. The average Bonchev–Trinajstić information content (AvgIpc) is 2.48. The highest BCUT2D eigenvalue weighted by atomic mass is 35.5. The van der Waals surface area contributed by atoms with Gasteiger partial charge in [0.15, 0.2) is 0 Å². The SMILES string of the molecule is COc1ccc(C(=O)N2CCN(CCCl)CC2)cc1.Cl. The number of methoxy groups -OCH3 is 1. The number of alkyl halides is 1. The van der Waals surface area contributed by atoms with Crippen molar-refractivity contribution < 1.29 is 9.53 Å². The molecule has 1 amide bonds. The third-order valence-corrected chi connectivity index (χ3v) is 3.57. The van der Waals surface area contributed by atoms with Crippen LogP contribution in [0, 0.1) is 0 Å². The van der Waals surface area contributed by atoms with Gasteiger partial charge in [-0.25, -0.2) is 0 Å². The van der Waals surface area contributed by atoms with Crippen molar-refractivity contribution in [2.24, 2.45) is 0 Å². The Balaban J connectivity index is 0.00000200. The minimum Gasteiger partial charge on any atom is -0.497 e. The van der Waals surface area contributed by atoms with E-state index in [1.165, 1.54) is 0 Å². The van der Waals surface area contributed by atoms with E-state index < -0.39 is 0 Å². The number of benzene rings is 1. The largest absolute Gasteiger partial charge is 0.497 e. The Kier molecular flexibility index (Phi) is 7.13. The van der Waals surface area contributed by atoms with Crippen molar-refractivity contribution in [3.05, 3.63) is 29.8 Å². The third kappa shape index (κ3) is 4.27. The van der Waals surface area contributed by atoms with Crippen LogP contribution < -0.4 is 4.74 Å². The van der Waals surface area contributed by atoms with Crippen LogP contribution in [0.2, 0.25) is 0 Å². The van der Waals surface area contributed by atoms with E-state index in [4.69, 9.17) is 16.3 Å². The molecule has 0 atom stereocenters. The van der Waals surface area contributed by atoms with Crippen molar-refractivity contribution in [3.8, 4) is 5.75 Å². The fourth-order valence-corrected chi connectivity index (χ4v) is 2.45. The molecule has 0 unspecified atom stereocenters. The molecule has 0 spiro atoms. The van der Waals surface area contributed by atoms with E-state index in [0.29, 0.717) is 11.4 Å². The fraction of sp³-hybridized carbons (Fsp3) is 0.500. The van der Waals surface area contributed by atoms with Gasteiger partial charge in [-0.15, -0.1) is 24.0 Å². The lowest BCUT2D eigenvalue weighted by Crippen LogP contribution is -2.49. The Labute approximate surface area is 131 Å². The van der Waals surface area contributed by atoms with Gasteiger partial charge in [-0.05, 0) is 24.3 Å². The minimum atomic E-state index is 0. The second kappa shape index (κ2) is 8.35. The summed E-state index contributed by atoms with van der Waals surface area (Å²) in [4.78, 5) is 16.5. The van der Waals surface area contributed by atoms with Gasteiger partial charge < -0.3 is 9.64 Å². The van der Waals surface area contributed by atoms with Crippen LogP contribution in [0.15, 0.2) is 24.3 Å². The summed E-state index contributed by atoms with van der Waals surface area (Å²) in [6, 6.07) is 7.26. The normalized spacial score (nSPS) is 15.6. The average molecular weight is 319 g/mol.